The molecule has 2 aromatic rings. The Balaban J connectivity index is 1.69. The average molecular weight is 388 g/mol. The fourth-order valence-corrected chi connectivity index (χ4v) is 4.26. The third-order valence-electron chi connectivity index (χ3n) is 4.75. The monoisotopic (exact) mass is 387 g/mol. The number of aryl methyl sites for hydroxylation is 1. The number of thiazole rings is 1. The number of rotatable bonds is 8. The summed E-state index contributed by atoms with van der Waals surface area (Å²) in [5.74, 6) is -0.475. The van der Waals surface area contributed by atoms with Gasteiger partial charge in [-0.3, -0.25) is 9.59 Å². The summed E-state index contributed by atoms with van der Waals surface area (Å²) in [4.78, 5) is 31.6. The van der Waals surface area contributed by atoms with Crippen LogP contribution in [0.5, 0.6) is 0 Å². The van der Waals surface area contributed by atoms with E-state index in [4.69, 9.17) is 4.74 Å². The van der Waals surface area contributed by atoms with Crippen LogP contribution in [0.4, 0.5) is 0 Å². The van der Waals surface area contributed by atoms with Gasteiger partial charge in [0.15, 0.2) is 0 Å². The van der Waals surface area contributed by atoms with E-state index in [1.165, 1.54) is 0 Å². The van der Waals surface area contributed by atoms with E-state index in [1.807, 2.05) is 42.6 Å². The molecule has 27 heavy (non-hydrogen) atoms. The molecular weight excluding hydrogens is 362 g/mol. The van der Waals surface area contributed by atoms with Crippen LogP contribution in [0.25, 0.3) is 0 Å². The number of likely N-dealkylation sites (tertiary alicyclic amines) is 1. The molecule has 0 aliphatic carbocycles. The Hall–Kier alpha value is -2.25. The molecule has 1 saturated heterocycles. The largest absolute Gasteiger partial charge is 0.383 e. The second kappa shape index (κ2) is 9.10. The van der Waals surface area contributed by atoms with Crippen LogP contribution in [0.1, 0.15) is 28.7 Å². The van der Waals surface area contributed by atoms with Crippen LogP contribution in [-0.2, 0) is 20.7 Å². The van der Waals surface area contributed by atoms with E-state index in [9.17, 15) is 9.59 Å². The van der Waals surface area contributed by atoms with Crippen LogP contribution in [0.15, 0.2) is 35.7 Å². The SMILES string of the molecule is COCCN1C(=O)C[C@@H](C(=O)NCCc2nc(C)cs2)[C@@H]1c1ccccc1. The molecule has 2 amide bonds. The molecule has 1 aromatic heterocycles. The Labute approximate surface area is 163 Å². The Kier molecular flexibility index (Phi) is 6.58. The highest BCUT2D eigenvalue weighted by Gasteiger charge is 2.44. The maximum Gasteiger partial charge on any atom is 0.226 e. The summed E-state index contributed by atoms with van der Waals surface area (Å²) < 4.78 is 5.15. The number of methoxy groups -OCH3 is 1. The minimum absolute atomic E-state index is 0.00315. The molecule has 1 aliphatic heterocycles. The van der Waals surface area contributed by atoms with E-state index in [0.29, 0.717) is 26.1 Å². The number of ether oxygens (including phenoxy) is 1. The molecule has 1 fully saturated rings. The van der Waals surface area contributed by atoms with E-state index in [2.05, 4.69) is 10.3 Å². The predicted octanol–water partition coefficient (Wildman–Crippen LogP) is 2.35. The van der Waals surface area contributed by atoms with Gasteiger partial charge in [0, 0.05) is 44.1 Å². The number of nitrogens with zero attached hydrogens (tertiary/aromatic N) is 2. The Bertz CT molecular complexity index is 778. The molecular formula is C20H25N3O3S. The lowest BCUT2D eigenvalue weighted by atomic mass is 9.92. The van der Waals surface area contributed by atoms with Gasteiger partial charge in [0.1, 0.15) is 0 Å². The zero-order valence-corrected chi connectivity index (χ0v) is 16.5. The van der Waals surface area contributed by atoms with Crippen molar-refractivity contribution in [1.29, 1.82) is 0 Å². The van der Waals surface area contributed by atoms with Crippen molar-refractivity contribution < 1.29 is 14.3 Å². The van der Waals surface area contributed by atoms with Gasteiger partial charge in [-0.2, -0.15) is 0 Å². The molecule has 6 nitrogen and oxygen atoms in total. The Morgan fingerprint density at radius 1 is 1.37 bits per heavy atom. The first-order chi connectivity index (χ1) is 13.1. The second-order valence-corrected chi connectivity index (χ2v) is 7.61. The van der Waals surface area contributed by atoms with Crippen molar-refractivity contribution in [3.8, 4) is 0 Å². The first kappa shape index (κ1) is 19.5. The quantitative estimate of drug-likeness (QED) is 0.755. The van der Waals surface area contributed by atoms with Crippen LogP contribution in [0.3, 0.4) is 0 Å². The van der Waals surface area contributed by atoms with E-state index in [0.717, 1.165) is 16.3 Å². The van der Waals surface area contributed by atoms with E-state index >= 15 is 0 Å². The van der Waals surface area contributed by atoms with Crippen molar-refractivity contribution >= 4 is 23.2 Å². The molecule has 1 N–H and O–H groups in total. The summed E-state index contributed by atoms with van der Waals surface area (Å²) in [5, 5.41) is 6.01. The molecule has 0 unspecified atom stereocenters. The molecule has 0 bridgehead atoms. The van der Waals surface area contributed by atoms with Crippen molar-refractivity contribution in [2.45, 2.75) is 25.8 Å². The summed E-state index contributed by atoms with van der Waals surface area (Å²) >= 11 is 1.60. The second-order valence-electron chi connectivity index (χ2n) is 6.67. The summed E-state index contributed by atoms with van der Waals surface area (Å²) in [5.41, 5.74) is 1.98. The molecule has 2 heterocycles. The normalized spacial score (nSPS) is 19.5. The number of hydrogen-bond acceptors (Lipinski definition) is 5. The standard InChI is InChI=1S/C20H25N3O3S/c1-14-13-27-17(22-14)8-9-21-20(25)16-12-18(24)23(10-11-26-2)19(16)15-6-4-3-5-7-15/h3-7,13,16,19H,8-12H2,1-2H3,(H,21,25)/t16-,19+/m1/s1. The number of carbonyl (C=O) groups excluding carboxylic acids is 2. The van der Waals surface area contributed by atoms with Crippen LogP contribution >= 0.6 is 11.3 Å². The van der Waals surface area contributed by atoms with Gasteiger partial charge in [0.2, 0.25) is 11.8 Å². The van der Waals surface area contributed by atoms with Crippen molar-refractivity contribution in [3.05, 3.63) is 52.0 Å². The lowest BCUT2D eigenvalue weighted by Crippen LogP contribution is -2.37. The summed E-state index contributed by atoms with van der Waals surface area (Å²) in [7, 11) is 1.61. The smallest absolute Gasteiger partial charge is 0.226 e. The third kappa shape index (κ3) is 4.73. The highest BCUT2D eigenvalue weighted by Crippen LogP contribution is 2.38. The molecule has 1 aromatic carbocycles. The number of carbonyl (C=O) groups is 2. The number of benzene rings is 1. The minimum Gasteiger partial charge on any atom is -0.383 e. The molecule has 1 aliphatic rings. The molecule has 3 rings (SSSR count). The fourth-order valence-electron chi connectivity index (χ4n) is 3.48. The van der Waals surface area contributed by atoms with Gasteiger partial charge >= 0.3 is 0 Å². The highest BCUT2D eigenvalue weighted by molar-refractivity contribution is 7.09. The van der Waals surface area contributed by atoms with Crippen LogP contribution in [-0.4, -0.2) is 48.5 Å². The van der Waals surface area contributed by atoms with Crippen LogP contribution < -0.4 is 5.32 Å². The first-order valence-electron chi connectivity index (χ1n) is 9.12. The van der Waals surface area contributed by atoms with Crippen LogP contribution in [0.2, 0.25) is 0 Å². The van der Waals surface area contributed by atoms with Crippen molar-refractivity contribution in [3.63, 3.8) is 0 Å². The van der Waals surface area contributed by atoms with Crippen LogP contribution in [0, 0.1) is 12.8 Å². The number of amides is 2. The Morgan fingerprint density at radius 2 is 2.15 bits per heavy atom. The zero-order chi connectivity index (χ0) is 19.2. The maximum absolute atomic E-state index is 12.9. The highest BCUT2D eigenvalue weighted by atomic mass is 32.1. The molecule has 144 valence electrons. The summed E-state index contributed by atoms with van der Waals surface area (Å²) in [6.45, 7) is 3.42. The summed E-state index contributed by atoms with van der Waals surface area (Å²) in [6.07, 6.45) is 0.930. The van der Waals surface area contributed by atoms with Gasteiger partial charge in [-0.05, 0) is 12.5 Å². The Morgan fingerprint density at radius 3 is 2.81 bits per heavy atom. The third-order valence-corrected chi connectivity index (χ3v) is 5.78. The van der Waals surface area contributed by atoms with Gasteiger partial charge < -0.3 is 15.0 Å². The molecule has 0 saturated carbocycles. The number of nitrogens with one attached hydrogen (secondary N) is 1. The molecule has 0 radical (unpaired) electrons. The molecule has 7 heteroatoms. The van der Waals surface area contributed by atoms with Gasteiger partial charge in [-0.25, -0.2) is 4.98 Å². The van der Waals surface area contributed by atoms with E-state index in [-0.39, 0.29) is 24.3 Å². The van der Waals surface area contributed by atoms with Crippen molar-refractivity contribution in [2.75, 3.05) is 26.8 Å². The van der Waals surface area contributed by atoms with Gasteiger partial charge in [0.05, 0.1) is 23.6 Å². The topological polar surface area (TPSA) is 71.5 Å². The van der Waals surface area contributed by atoms with E-state index in [1.54, 1.807) is 23.3 Å². The lowest BCUT2D eigenvalue weighted by Gasteiger charge is -2.28. The maximum atomic E-state index is 12.9. The molecule has 0 spiro atoms. The summed E-state index contributed by atoms with van der Waals surface area (Å²) in [6, 6.07) is 9.50. The minimum atomic E-state index is -0.394. The van der Waals surface area contributed by atoms with Crippen molar-refractivity contribution in [2.24, 2.45) is 5.92 Å². The zero-order valence-electron chi connectivity index (χ0n) is 15.7. The number of aromatic nitrogens is 1. The van der Waals surface area contributed by atoms with E-state index < -0.39 is 5.92 Å². The van der Waals surface area contributed by atoms with Gasteiger partial charge in [0.25, 0.3) is 0 Å². The van der Waals surface area contributed by atoms with Gasteiger partial charge in [-0.1, -0.05) is 30.3 Å². The first-order valence-corrected chi connectivity index (χ1v) is 10.00. The average Bonchev–Trinajstić information content (AvgIpc) is 3.23. The van der Waals surface area contributed by atoms with Gasteiger partial charge in [-0.15, -0.1) is 11.3 Å². The predicted molar refractivity (Wildman–Crippen MR) is 104 cm³/mol. The lowest BCUT2D eigenvalue weighted by molar-refractivity contribution is -0.129. The van der Waals surface area contributed by atoms with Crippen molar-refractivity contribution in [1.82, 2.24) is 15.2 Å². The molecule has 2 atom stereocenters. The fraction of sp³-hybridized carbons (Fsp3) is 0.450. The number of hydrogen-bond donors (Lipinski definition) is 1.